The van der Waals surface area contributed by atoms with Crippen molar-refractivity contribution in [3.63, 3.8) is 0 Å². The van der Waals surface area contributed by atoms with Crippen molar-refractivity contribution in [3.8, 4) is 11.4 Å². The first-order valence-electron chi connectivity index (χ1n) is 6.56. The quantitative estimate of drug-likeness (QED) is 0.796. The lowest BCUT2D eigenvalue weighted by molar-refractivity contribution is 0.335. The molecule has 0 aliphatic heterocycles. The van der Waals surface area contributed by atoms with Gasteiger partial charge >= 0.3 is 0 Å². The van der Waals surface area contributed by atoms with Crippen molar-refractivity contribution in [1.82, 2.24) is 15.1 Å². The summed E-state index contributed by atoms with van der Waals surface area (Å²) in [5, 5.41) is 6.02. The lowest BCUT2D eigenvalue weighted by Crippen LogP contribution is -2.13. The molecule has 20 heavy (non-hydrogen) atoms. The van der Waals surface area contributed by atoms with E-state index in [9.17, 15) is 0 Å². The summed E-state index contributed by atoms with van der Waals surface area (Å²) in [6.45, 7) is 4.23. The summed E-state index contributed by atoms with van der Waals surface area (Å²) in [4.78, 5) is 8.76. The Morgan fingerprint density at radius 2 is 2.25 bits per heavy atom. The van der Waals surface area contributed by atoms with E-state index in [-0.39, 0.29) is 6.04 Å². The summed E-state index contributed by atoms with van der Waals surface area (Å²) in [5.41, 5.74) is 7.89. The minimum Gasteiger partial charge on any atom is -0.337 e. The molecule has 0 unspecified atom stereocenters. The average Bonchev–Trinajstić information content (AvgIpc) is 3.06. The summed E-state index contributed by atoms with van der Waals surface area (Å²) in [7, 11) is 0. The van der Waals surface area contributed by atoms with Crippen LogP contribution in [0.4, 0.5) is 0 Å². The molecule has 0 spiro atoms. The molecule has 0 saturated heterocycles. The van der Waals surface area contributed by atoms with Crippen LogP contribution in [0.5, 0.6) is 0 Å². The van der Waals surface area contributed by atoms with E-state index in [2.05, 4.69) is 29.0 Å². The van der Waals surface area contributed by atoms with Crippen molar-refractivity contribution in [2.24, 2.45) is 11.7 Å². The standard InChI is InChI=1S/C14H16N4OS/c1-8(2)5-10(15)14-17-13(18-19-14)9-6-12-11(16-7-9)3-4-20-12/h3-4,6-8,10H,5,15H2,1-2H3/t10-/m0/s1. The lowest BCUT2D eigenvalue weighted by atomic mass is 10.0. The highest BCUT2D eigenvalue weighted by Gasteiger charge is 2.17. The first-order valence-corrected chi connectivity index (χ1v) is 7.44. The maximum absolute atomic E-state index is 6.05. The lowest BCUT2D eigenvalue weighted by Gasteiger charge is -2.08. The highest BCUT2D eigenvalue weighted by molar-refractivity contribution is 7.17. The van der Waals surface area contributed by atoms with Crippen LogP contribution in [0.2, 0.25) is 0 Å². The molecular weight excluding hydrogens is 272 g/mol. The van der Waals surface area contributed by atoms with Crippen LogP contribution in [-0.4, -0.2) is 15.1 Å². The molecular formula is C14H16N4OS. The molecule has 3 rings (SSSR count). The molecule has 0 fully saturated rings. The van der Waals surface area contributed by atoms with E-state index < -0.39 is 0 Å². The van der Waals surface area contributed by atoms with Crippen LogP contribution in [0.15, 0.2) is 28.2 Å². The second-order valence-corrected chi connectivity index (χ2v) is 6.17. The summed E-state index contributed by atoms with van der Waals surface area (Å²) in [6, 6.07) is 3.80. The largest absolute Gasteiger partial charge is 0.337 e. The fraction of sp³-hybridized carbons (Fsp3) is 0.357. The monoisotopic (exact) mass is 288 g/mol. The molecule has 0 bridgehead atoms. The minimum absolute atomic E-state index is 0.213. The van der Waals surface area contributed by atoms with Crippen LogP contribution in [0, 0.1) is 5.92 Å². The molecule has 0 aromatic carbocycles. The van der Waals surface area contributed by atoms with Crippen molar-refractivity contribution in [3.05, 3.63) is 29.6 Å². The molecule has 0 aliphatic rings. The third kappa shape index (κ3) is 2.57. The van der Waals surface area contributed by atoms with Gasteiger partial charge in [-0.05, 0) is 29.9 Å². The zero-order valence-electron chi connectivity index (χ0n) is 11.4. The number of rotatable bonds is 4. The molecule has 3 heterocycles. The Hall–Kier alpha value is -1.79. The van der Waals surface area contributed by atoms with Crippen molar-refractivity contribution in [2.45, 2.75) is 26.3 Å². The first kappa shape index (κ1) is 13.2. The zero-order chi connectivity index (χ0) is 14.1. The Morgan fingerprint density at radius 1 is 1.40 bits per heavy atom. The minimum atomic E-state index is -0.213. The number of thiophene rings is 1. The molecule has 1 atom stereocenters. The molecule has 0 amide bonds. The van der Waals surface area contributed by atoms with Gasteiger partial charge in [-0.15, -0.1) is 11.3 Å². The Balaban J connectivity index is 1.88. The third-order valence-corrected chi connectivity index (χ3v) is 3.90. The van der Waals surface area contributed by atoms with Gasteiger partial charge in [-0.3, -0.25) is 4.98 Å². The average molecular weight is 288 g/mol. The van der Waals surface area contributed by atoms with Crippen LogP contribution in [-0.2, 0) is 0 Å². The van der Waals surface area contributed by atoms with E-state index in [1.54, 1.807) is 17.5 Å². The van der Waals surface area contributed by atoms with Crippen LogP contribution in [0.25, 0.3) is 21.6 Å². The van der Waals surface area contributed by atoms with Gasteiger partial charge in [0.25, 0.3) is 0 Å². The summed E-state index contributed by atoms with van der Waals surface area (Å²) in [6.07, 6.45) is 2.58. The van der Waals surface area contributed by atoms with Crippen LogP contribution < -0.4 is 5.73 Å². The van der Waals surface area contributed by atoms with Gasteiger partial charge in [-0.2, -0.15) is 4.98 Å². The Morgan fingerprint density at radius 3 is 3.05 bits per heavy atom. The highest BCUT2D eigenvalue weighted by Crippen LogP contribution is 2.25. The topological polar surface area (TPSA) is 77.8 Å². The number of fused-ring (bicyclic) bond motifs is 1. The molecule has 0 radical (unpaired) electrons. The number of hydrogen-bond acceptors (Lipinski definition) is 6. The van der Waals surface area contributed by atoms with Crippen molar-refractivity contribution >= 4 is 21.6 Å². The fourth-order valence-corrected chi connectivity index (χ4v) is 2.86. The molecule has 0 aliphatic carbocycles. The molecule has 0 saturated carbocycles. The SMILES string of the molecule is CC(C)C[C@H](N)c1nc(-c2cnc3ccsc3c2)no1. The van der Waals surface area contributed by atoms with Crippen molar-refractivity contribution in [1.29, 1.82) is 0 Å². The van der Waals surface area contributed by atoms with Gasteiger partial charge in [0.2, 0.25) is 11.7 Å². The molecule has 104 valence electrons. The predicted octanol–water partition coefficient (Wildman–Crippen LogP) is 3.39. The zero-order valence-corrected chi connectivity index (χ0v) is 12.2. The molecule has 2 N–H and O–H groups in total. The molecule has 3 aromatic heterocycles. The van der Waals surface area contributed by atoms with Crippen LogP contribution >= 0.6 is 11.3 Å². The molecule has 3 aromatic rings. The third-order valence-electron chi connectivity index (χ3n) is 3.05. The van der Waals surface area contributed by atoms with Gasteiger partial charge in [0.15, 0.2) is 0 Å². The highest BCUT2D eigenvalue weighted by atomic mass is 32.1. The maximum Gasteiger partial charge on any atom is 0.243 e. The predicted molar refractivity (Wildman–Crippen MR) is 79.3 cm³/mol. The van der Waals surface area contributed by atoms with Gasteiger partial charge in [0.1, 0.15) is 0 Å². The smallest absolute Gasteiger partial charge is 0.243 e. The van der Waals surface area contributed by atoms with Gasteiger partial charge in [-0.25, -0.2) is 0 Å². The summed E-state index contributed by atoms with van der Waals surface area (Å²) >= 11 is 1.64. The van der Waals surface area contributed by atoms with E-state index in [0.29, 0.717) is 17.6 Å². The van der Waals surface area contributed by atoms with Gasteiger partial charge in [0.05, 0.1) is 16.3 Å². The number of pyridine rings is 1. The van der Waals surface area contributed by atoms with E-state index in [1.807, 2.05) is 17.5 Å². The van der Waals surface area contributed by atoms with E-state index in [4.69, 9.17) is 10.3 Å². The van der Waals surface area contributed by atoms with Crippen LogP contribution in [0.3, 0.4) is 0 Å². The normalized spacial score (nSPS) is 13.2. The Bertz CT molecular complexity index is 719. The van der Waals surface area contributed by atoms with E-state index >= 15 is 0 Å². The molecule has 5 nitrogen and oxygen atoms in total. The second-order valence-electron chi connectivity index (χ2n) is 5.22. The fourth-order valence-electron chi connectivity index (χ4n) is 2.08. The second kappa shape index (κ2) is 5.30. The first-order chi connectivity index (χ1) is 9.63. The van der Waals surface area contributed by atoms with Gasteiger partial charge in [-0.1, -0.05) is 19.0 Å². The van der Waals surface area contributed by atoms with Gasteiger partial charge < -0.3 is 10.3 Å². The Labute approximate surface area is 120 Å². The number of nitrogens with zero attached hydrogens (tertiary/aromatic N) is 3. The number of aromatic nitrogens is 3. The van der Waals surface area contributed by atoms with Crippen molar-refractivity contribution < 1.29 is 4.52 Å². The summed E-state index contributed by atoms with van der Waals surface area (Å²) in [5.74, 6) is 1.52. The summed E-state index contributed by atoms with van der Waals surface area (Å²) < 4.78 is 6.38. The Kier molecular flexibility index (Phi) is 3.50. The van der Waals surface area contributed by atoms with E-state index in [1.165, 1.54) is 0 Å². The molecule has 6 heteroatoms. The van der Waals surface area contributed by atoms with E-state index in [0.717, 1.165) is 22.2 Å². The number of nitrogens with two attached hydrogens (primary N) is 1. The van der Waals surface area contributed by atoms with Crippen LogP contribution in [0.1, 0.15) is 32.2 Å². The van der Waals surface area contributed by atoms with Gasteiger partial charge in [0, 0.05) is 11.8 Å². The van der Waals surface area contributed by atoms with Crippen molar-refractivity contribution in [2.75, 3.05) is 0 Å². The maximum atomic E-state index is 6.05. The number of hydrogen-bond donors (Lipinski definition) is 1.